The Hall–Kier alpha value is -0.160. The lowest BCUT2D eigenvalue weighted by Crippen LogP contribution is -2.12. The number of ether oxygens (including phenoxy) is 2. The van der Waals surface area contributed by atoms with E-state index in [2.05, 4.69) is 0 Å². The second-order valence-electron chi connectivity index (χ2n) is 2.86. The molecular formula is C9H22N2O2. The van der Waals surface area contributed by atoms with Crippen molar-refractivity contribution in [2.24, 2.45) is 11.5 Å². The summed E-state index contributed by atoms with van der Waals surface area (Å²) < 4.78 is 10.5. The van der Waals surface area contributed by atoms with Crippen LogP contribution in [0.3, 0.4) is 0 Å². The fraction of sp³-hybridized carbons (Fsp3) is 1.00. The number of nitrogens with two attached hydrogens (primary N) is 2. The van der Waals surface area contributed by atoms with Gasteiger partial charge < -0.3 is 20.9 Å². The van der Waals surface area contributed by atoms with Crippen LogP contribution in [0.15, 0.2) is 0 Å². The molecule has 80 valence electrons. The first-order valence-electron chi connectivity index (χ1n) is 4.97. The summed E-state index contributed by atoms with van der Waals surface area (Å²) in [5.41, 5.74) is 10.6. The van der Waals surface area contributed by atoms with E-state index in [9.17, 15) is 0 Å². The molecule has 0 aromatic carbocycles. The normalized spacial score (nSPS) is 10.6. The Morgan fingerprint density at radius 1 is 0.615 bits per heavy atom. The first-order valence-corrected chi connectivity index (χ1v) is 4.97. The Morgan fingerprint density at radius 3 is 1.92 bits per heavy atom. The van der Waals surface area contributed by atoms with Crippen molar-refractivity contribution in [2.45, 2.75) is 19.3 Å². The first-order chi connectivity index (χ1) is 6.41. The van der Waals surface area contributed by atoms with E-state index in [0.717, 1.165) is 32.4 Å². The first kappa shape index (κ1) is 12.8. The molecular weight excluding hydrogens is 168 g/mol. The zero-order valence-corrected chi connectivity index (χ0v) is 8.34. The van der Waals surface area contributed by atoms with Gasteiger partial charge in [0, 0.05) is 13.2 Å². The van der Waals surface area contributed by atoms with Crippen LogP contribution in [-0.2, 0) is 9.47 Å². The molecule has 0 saturated carbocycles. The van der Waals surface area contributed by atoms with Gasteiger partial charge in [0.15, 0.2) is 0 Å². The van der Waals surface area contributed by atoms with Gasteiger partial charge in [-0.1, -0.05) is 0 Å². The number of hydrogen-bond donors (Lipinski definition) is 2. The molecule has 4 heteroatoms. The molecule has 4 N–H and O–H groups in total. The second kappa shape index (κ2) is 11.8. The fourth-order valence-electron chi connectivity index (χ4n) is 0.931. The van der Waals surface area contributed by atoms with E-state index in [1.165, 1.54) is 0 Å². The topological polar surface area (TPSA) is 70.5 Å². The van der Waals surface area contributed by atoms with Crippen molar-refractivity contribution in [2.75, 3.05) is 39.5 Å². The molecule has 0 aromatic rings. The van der Waals surface area contributed by atoms with Gasteiger partial charge >= 0.3 is 0 Å². The van der Waals surface area contributed by atoms with Gasteiger partial charge in [-0.15, -0.1) is 0 Å². The third-order valence-corrected chi connectivity index (χ3v) is 1.63. The molecule has 0 aliphatic carbocycles. The Labute approximate surface area is 80.6 Å². The lowest BCUT2D eigenvalue weighted by Gasteiger charge is -2.04. The Morgan fingerprint density at radius 2 is 1.31 bits per heavy atom. The molecule has 0 fully saturated rings. The highest BCUT2D eigenvalue weighted by Gasteiger charge is 1.89. The van der Waals surface area contributed by atoms with Gasteiger partial charge in [0.1, 0.15) is 0 Å². The fourth-order valence-corrected chi connectivity index (χ4v) is 0.931. The van der Waals surface area contributed by atoms with Gasteiger partial charge in [-0.3, -0.25) is 0 Å². The Bertz CT molecular complexity index is 81.7. The monoisotopic (exact) mass is 190 g/mol. The van der Waals surface area contributed by atoms with Crippen LogP contribution in [0.5, 0.6) is 0 Å². The van der Waals surface area contributed by atoms with Crippen molar-refractivity contribution in [3.63, 3.8) is 0 Å². The molecule has 0 aromatic heterocycles. The van der Waals surface area contributed by atoms with Crippen LogP contribution in [0, 0.1) is 0 Å². The van der Waals surface area contributed by atoms with Crippen molar-refractivity contribution in [1.82, 2.24) is 0 Å². The quantitative estimate of drug-likeness (QED) is 0.480. The molecule has 0 rings (SSSR count). The summed E-state index contributed by atoms with van der Waals surface area (Å²) in [6, 6.07) is 0. The van der Waals surface area contributed by atoms with E-state index < -0.39 is 0 Å². The van der Waals surface area contributed by atoms with Gasteiger partial charge in [-0.25, -0.2) is 0 Å². The summed E-state index contributed by atoms with van der Waals surface area (Å²) in [5.74, 6) is 0. The maximum absolute atomic E-state index is 5.35. The largest absolute Gasteiger partial charge is 0.379 e. The van der Waals surface area contributed by atoms with E-state index in [-0.39, 0.29) is 0 Å². The molecule has 0 amide bonds. The molecule has 0 saturated heterocycles. The maximum atomic E-state index is 5.35. The average Bonchev–Trinajstić information content (AvgIpc) is 2.16. The lowest BCUT2D eigenvalue weighted by molar-refractivity contribution is 0.0493. The zero-order valence-electron chi connectivity index (χ0n) is 8.34. The number of rotatable bonds is 10. The highest BCUT2D eigenvalue weighted by molar-refractivity contribution is 4.41. The van der Waals surface area contributed by atoms with Crippen LogP contribution in [0.25, 0.3) is 0 Å². The van der Waals surface area contributed by atoms with Gasteiger partial charge in [-0.2, -0.15) is 0 Å². The van der Waals surface area contributed by atoms with Gasteiger partial charge in [0.05, 0.1) is 19.8 Å². The Kier molecular flexibility index (Phi) is 11.7. The van der Waals surface area contributed by atoms with Crippen LogP contribution in [0.4, 0.5) is 0 Å². The van der Waals surface area contributed by atoms with Crippen molar-refractivity contribution in [3.8, 4) is 0 Å². The van der Waals surface area contributed by atoms with Gasteiger partial charge in [0.25, 0.3) is 0 Å². The van der Waals surface area contributed by atoms with E-state index in [1.54, 1.807) is 0 Å². The van der Waals surface area contributed by atoms with E-state index >= 15 is 0 Å². The molecule has 13 heavy (non-hydrogen) atoms. The molecule has 0 aliphatic heterocycles. The maximum Gasteiger partial charge on any atom is 0.0701 e. The average molecular weight is 190 g/mol. The third-order valence-electron chi connectivity index (χ3n) is 1.63. The van der Waals surface area contributed by atoms with E-state index in [1.807, 2.05) is 0 Å². The van der Waals surface area contributed by atoms with Gasteiger partial charge in [0.2, 0.25) is 0 Å². The third kappa shape index (κ3) is 11.8. The molecule has 0 unspecified atom stereocenters. The smallest absolute Gasteiger partial charge is 0.0701 e. The van der Waals surface area contributed by atoms with Crippen LogP contribution >= 0.6 is 0 Å². The lowest BCUT2D eigenvalue weighted by atomic mass is 10.2. The van der Waals surface area contributed by atoms with Crippen molar-refractivity contribution in [1.29, 1.82) is 0 Å². The molecule has 0 bridgehead atoms. The molecule has 0 spiro atoms. The SMILES string of the molecule is NCCCCCOCCOCCN. The van der Waals surface area contributed by atoms with Crippen LogP contribution < -0.4 is 11.5 Å². The number of hydrogen-bond acceptors (Lipinski definition) is 4. The van der Waals surface area contributed by atoms with Crippen molar-refractivity contribution < 1.29 is 9.47 Å². The van der Waals surface area contributed by atoms with E-state index in [4.69, 9.17) is 20.9 Å². The summed E-state index contributed by atoms with van der Waals surface area (Å²) in [7, 11) is 0. The molecule has 0 atom stereocenters. The summed E-state index contributed by atoms with van der Waals surface area (Å²) in [5, 5.41) is 0. The second-order valence-corrected chi connectivity index (χ2v) is 2.86. The highest BCUT2D eigenvalue weighted by atomic mass is 16.5. The summed E-state index contributed by atoms with van der Waals surface area (Å²) in [6.45, 7) is 4.11. The van der Waals surface area contributed by atoms with Crippen molar-refractivity contribution >= 4 is 0 Å². The molecule has 0 radical (unpaired) electrons. The molecule has 4 nitrogen and oxygen atoms in total. The van der Waals surface area contributed by atoms with Gasteiger partial charge in [-0.05, 0) is 25.8 Å². The summed E-state index contributed by atoms with van der Waals surface area (Å²) in [6.07, 6.45) is 3.33. The predicted molar refractivity (Wildman–Crippen MR) is 53.6 cm³/mol. The zero-order chi connectivity index (χ0) is 9.78. The molecule has 0 aliphatic rings. The minimum absolute atomic E-state index is 0.580. The molecule has 0 heterocycles. The van der Waals surface area contributed by atoms with Crippen LogP contribution in [0.2, 0.25) is 0 Å². The minimum Gasteiger partial charge on any atom is -0.379 e. The van der Waals surface area contributed by atoms with E-state index in [0.29, 0.717) is 26.4 Å². The summed E-state index contributed by atoms with van der Waals surface area (Å²) in [4.78, 5) is 0. The summed E-state index contributed by atoms with van der Waals surface area (Å²) >= 11 is 0. The van der Waals surface area contributed by atoms with Crippen molar-refractivity contribution in [3.05, 3.63) is 0 Å². The van der Waals surface area contributed by atoms with Crippen LogP contribution in [-0.4, -0.2) is 39.5 Å². The number of unbranched alkanes of at least 4 members (excludes halogenated alkanes) is 2. The highest BCUT2D eigenvalue weighted by Crippen LogP contribution is 1.93. The predicted octanol–water partition coefficient (Wildman–Crippen LogP) is 0.107. The van der Waals surface area contributed by atoms with Crippen LogP contribution in [0.1, 0.15) is 19.3 Å². The standard InChI is InChI=1S/C9H22N2O2/c10-4-2-1-3-6-12-8-9-13-7-5-11/h1-11H2. The Balaban J connectivity index is 2.76. The minimum atomic E-state index is 0.580.